The SMILES string of the molecule is Cc1ccc(-c2nc(CNC(=O)[C@H]3C[C@H]4CC[C@H]3O4)co2)cc1. The summed E-state index contributed by atoms with van der Waals surface area (Å²) < 4.78 is 11.2. The Morgan fingerprint density at radius 1 is 1.30 bits per heavy atom. The van der Waals surface area contributed by atoms with Gasteiger partial charge in [0.05, 0.1) is 30.4 Å². The van der Waals surface area contributed by atoms with Gasteiger partial charge in [0.15, 0.2) is 0 Å². The standard InChI is InChI=1S/C18H20N2O3/c1-11-2-4-12(5-3-11)18-20-13(10-22-18)9-19-17(21)15-8-14-6-7-16(15)23-14/h2-5,10,14-16H,6-9H2,1H3,(H,19,21)/t14-,15+,16-/m1/s1. The number of aromatic nitrogens is 1. The minimum absolute atomic E-state index is 0.00257. The number of fused-ring (bicyclic) bond motifs is 2. The van der Waals surface area contributed by atoms with Crippen LogP contribution in [0.25, 0.3) is 11.5 Å². The maximum absolute atomic E-state index is 12.3. The van der Waals surface area contributed by atoms with Gasteiger partial charge in [-0.25, -0.2) is 4.98 Å². The Kier molecular flexibility index (Phi) is 3.65. The number of carbonyl (C=O) groups excluding carboxylic acids is 1. The molecule has 120 valence electrons. The van der Waals surface area contributed by atoms with Gasteiger partial charge in [0, 0.05) is 5.56 Å². The number of carbonyl (C=O) groups is 1. The number of hydrogen-bond acceptors (Lipinski definition) is 4. The van der Waals surface area contributed by atoms with Crippen LogP contribution < -0.4 is 5.32 Å². The molecule has 2 aromatic rings. The average molecular weight is 312 g/mol. The Bertz CT molecular complexity index is 707. The number of nitrogens with zero attached hydrogens (tertiary/aromatic N) is 1. The summed E-state index contributed by atoms with van der Waals surface area (Å²) in [4.78, 5) is 16.7. The highest BCUT2D eigenvalue weighted by Gasteiger charge is 2.44. The zero-order valence-electron chi connectivity index (χ0n) is 13.1. The first-order valence-corrected chi connectivity index (χ1v) is 8.13. The number of nitrogens with one attached hydrogen (secondary N) is 1. The molecule has 5 heteroatoms. The highest BCUT2D eigenvalue weighted by Crippen LogP contribution is 2.38. The maximum Gasteiger partial charge on any atom is 0.226 e. The third-order valence-electron chi connectivity index (χ3n) is 4.74. The maximum atomic E-state index is 12.3. The summed E-state index contributed by atoms with van der Waals surface area (Å²) in [7, 11) is 0. The van der Waals surface area contributed by atoms with E-state index in [-0.39, 0.29) is 24.0 Å². The number of rotatable bonds is 4. The number of ether oxygens (including phenoxy) is 1. The molecule has 1 N–H and O–H groups in total. The summed E-state index contributed by atoms with van der Waals surface area (Å²) in [5, 5.41) is 2.96. The molecule has 0 saturated carbocycles. The fourth-order valence-corrected chi connectivity index (χ4v) is 3.44. The van der Waals surface area contributed by atoms with Crippen molar-refractivity contribution in [2.45, 2.75) is 44.9 Å². The molecule has 0 spiro atoms. The Morgan fingerprint density at radius 3 is 2.83 bits per heavy atom. The van der Waals surface area contributed by atoms with Crippen molar-refractivity contribution >= 4 is 5.91 Å². The van der Waals surface area contributed by atoms with Crippen LogP contribution >= 0.6 is 0 Å². The molecule has 2 aliphatic heterocycles. The van der Waals surface area contributed by atoms with Gasteiger partial charge in [-0.05, 0) is 38.3 Å². The molecule has 1 aromatic heterocycles. The fourth-order valence-electron chi connectivity index (χ4n) is 3.44. The lowest BCUT2D eigenvalue weighted by atomic mass is 9.88. The van der Waals surface area contributed by atoms with E-state index in [9.17, 15) is 4.79 Å². The summed E-state index contributed by atoms with van der Waals surface area (Å²) in [6.07, 6.45) is 4.95. The van der Waals surface area contributed by atoms with Crippen molar-refractivity contribution in [3.05, 3.63) is 41.8 Å². The Hall–Kier alpha value is -2.14. The molecule has 0 radical (unpaired) electrons. The number of oxazole rings is 1. The van der Waals surface area contributed by atoms with E-state index in [2.05, 4.69) is 10.3 Å². The fraction of sp³-hybridized carbons (Fsp3) is 0.444. The first-order valence-electron chi connectivity index (χ1n) is 8.13. The van der Waals surface area contributed by atoms with E-state index in [0.717, 1.165) is 30.5 Å². The van der Waals surface area contributed by atoms with E-state index in [0.29, 0.717) is 12.4 Å². The lowest BCUT2D eigenvalue weighted by molar-refractivity contribution is -0.126. The Balaban J connectivity index is 1.36. The molecule has 1 aromatic carbocycles. The van der Waals surface area contributed by atoms with Gasteiger partial charge in [0.2, 0.25) is 11.8 Å². The lowest BCUT2D eigenvalue weighted by Gasteiger charge is -2.17. The van der Waals surface area contributed by atoms with Crippen LogP contribution in [0.4, 0.5) is 0 Å². The van der Waals surface area contributed by atoms with Gasteiger partial charge >= 0.3 is 0 Å². The van der Waals surface area contributed by atoms with Gasteiger partial charge in [-0.3, -0.25) is 4.79 Å². The zero-order chi connectivity index (χ0) is 15.8. The highest BCUT2D eigenvalue weighted by atomic mass is 16.5. The van der Waals surface area contributed by atoms with Crippen LogP contribution in [-0.2, 0) is 16.1 Å². The second-order valence-electron chi connectivity index (χ2n) is 6.44. The van der Waals surface area contributed by atoms with E-state index >= 15 is 0 Å². The smallest absolute Gasteiger partial charge is 0.226 e. The number of hydrogen-bond donors (Lipinski definition) is 1. The third kappa shape index (κ3) is 2.88. The molecular weight excluding hydrogens is 292 g/mol. The van der Waals surface area contributed by atoms with E-state index < -0.39 is 0 Å². The largest absolute Gasteiger partial charge is 0.444 e. The van der Waals surface area contributed by atoms with Gasteiger partial charge in [-0.2, -0.15) is 0 Å². The second-order valence-corrected chi connectivity index (χ2v) is 6.44. The number of amides is 1. The van der Waals surface area contributed by atoms with Gasteiger partial charge in [-0.1, -0.05) is 17.7 Å². The summed E-state index contributed by atoms with van der Waals surface area (Å²) in [5.74, 6) is 0.645. The Morgan fingerprint density at radius 2 is 2.13 bits per heavy atom. The van der Waals surface area contributed by atoms with E-state index in [1.165, 1.54) is 5.56 Å². The molecule has 23 heavy (non-hydrogen) atoms. The molecule has 2 bridgehead atoms. The van der Waals surface area contributed by atoms with Crippen LogP contribution in [0.15, 0.2) is 34.9 Å². The monoisotopic (exact) mass is 312 g/mol. The van der Waals surface area contributed by atoms with Crippen LogP contribution in [0.1, 0.15) is 30.5 Å². The van der Waals surface area contributed by atoms with Crippen molar-refractivity contribution in [3.63, 3.8) is 0 Å². The topological polar surface area (TPSA) is 64.4 Å². The van der Waals surface area contributed by atoms with Crippen LogP contribution in [0.3, 0.4) is 0 Å². The summed E-state index contributed by atoms with van der Waals surface area (Å²) in [5.41, 5.74) is 2.87. The number of benzene rings is 1. The highest BCUT2D eigenvalue weighted by molar-refractivity contribution is 5.79. The van der Waals surface area contributed by atoms with Gasteiger partial charge in [0.25, 0.3) is 0 Å². The quantitative estimate of drug-likeness (QED) is 0.943. The van der Waals surface area contributed by atoms with E-state index in [1.807, 2.05) is 31.2 Å². The molecule has 4 rings (SSSR count). The minimum Gasteiger partial charge on any atom is -0.444 e. The zero-order valence-corrected chi connectivity index (χ0v) is 13.1. The van der Waals surface area contributed by atoms with E-state index in [4.69, 9.17) is 9.15 Å². The van der Waals surface area contributed by atoms with E-state index in [1.54, 1.807) is 6.26 Å². The minimum atomic E-state index is -0.00257. The molecule has 3 heterocycles. The molecule has 2 aliphatic rings. The predicted octanol–water partition coefficient (Wildman–Crippen LogP) is 2.83. The second kappa shape index (κ2) is 5.81. The van der Waals surface area contributed by atoms with Crippen LogP contribution in [-0.4, -0.2) is 23.1 Å². The molecule has 5 nitrogen and oxygen atoms in total. The average Bonchev–Trinajstić information content (AvgIpc) is 3.29. The molecular formula is C18H20N2O3. The molecule has 0 unspecified atom stereocenters. The van der Waals surface area contributed by atoms with Crippen LogP contribution in [0.5, 0.6) is 0 Å². The Labute approximate surface area is 135 Å². The third-order valence-corrected chi connectivity index (χ3v) is 4.74. The molecule has 2 saturated heterocycles. The molecule has 3 atom stereocenters. The lowest BCUT2D eigenvalue weighted by Crippen LogP contribution is -2.35. The van der Waals surface area contributed by atoms with Crippen molar-refractivity contribution < 1.29 is 13.9 Å². The van der Waals surface area contributed by atoms with Crippen molar-refractivity contribution in [2.24, 2.45) is 5.92 Å². The van der Waals surface area contributed by atoms with Crippen LogP contribution in [0, 0.1) is 12.8 Å². The first-order chi connectivity index (χ1) is 11.2. The summed E-state index contributed by atoms with van der Waals surface area (Å²) >= 11 is 0. The van der Waals surface area contributed by atoms with Gasteiger partial charge < -0.3 is 14.5 Å². The molecule has 1 amide bonds. The van der Waals surface area contributed by atoms with Gasteiger partial charge in [-0.15, -0.1) is 0 Å². The van der Waals surface area contributed by atoms with Crippen molar-refractivity contribution in [1.82, 2.24) is 10.3 Å². The normalized spacial score (nSPS) is 25.7. The number of aryl methyl sites for hydroxylation is 1. The predicted molar refractivity (Wildman–Crippen MR) is 84.5 cm³/mol. The van der Waals surface area contributed by atoms with Crippen LogP contribution in [0.2, 0.25) is 0 Å². The summed E-state index contributed by atoms with van der Waals surface area (Å²) in [6, 6.07) is 8.01. The first kappa shape index (κ1) is 14.5. The van der Waals surface area contributed by atoms with Crippen molar-refractivity contribution in [1.29, 1.82) is 0 Å². The van der Waals surface area contributed by atoms with Crippen molar-refractivity contribution in [2.75, 3.05) is 0 Å². The van der Waals surface area contributed by atoms with Gasteiger partial charge in [0.1, 0.15) is 6.26 Å². The molecule has 0 aliphatic carbocycles. The van der Waals surface area contributed by atoms with Crippen molar-refractivity contribution in [3.8, 4) is 11.5 Å². The summed E-state index contributed by atoms with van der Waals surface area (Å²) in [6.45, 7) is 2.43. The molecule has 2 fully saturated rings.